The van der Waals surface area contributed by atoms with E-state index in [0.29, 0.717) is 24.7 Å². The number of nitrogens with zero attached hydrogens (tertiary/aromatic N) is 2. The highest BCUT2D eigenvalue weighted by atomic mass is 35.5. The van der Waals surface area contributed by atoms with Gasteiger partial charge in [-0.05, 0) is 18.1 Å². The predicted octanol–water partition coefficient (Wildman–Crippen LogP) is 0.912. The summed E-state index contributed by atoms with van der Waals surface area (Å²) in [7, 11) is 0. The minimum Gasteiger partial charge on any atom is -0.396 e. The monoisotopic (exact) mass is 244 g/mol. The van der Waals surface area contributed by atoms with E-state index in [1.807, 2.05) is 6.07 Å². The fraction of sp³-hybridized carbons (Fsp3) is 0.545. The molecule has 0 aliphatic carbocycles. The van der Waals surface area contributed by atoms with Gasteiger partial charge in [0, 0.05) is 32.4 Å². The Morgan fingerprint density at radius 3 is 2.56 bits per heavy atom. The van der Waals surface area contributed by atoms with Gasteiger partial charge in [-0.1, -0.05) is 17.7 Å². The Morgan fingerprint density at radius 2 is 2.00 bits per heavy atom. The maximum Gasteiger partial charge on any atom is 0.129 e. The van der Waals surface area contributed by atoms with Crippen LogP contribution in [0.15, 0.2) is 18.3 Å². The summed E-state index contributed by atoms with van der Waals surface area (Å²) in [5, 5.41) is 18.2. The molecule has 5 heteroatoms. The van der Waals surface area contributed by atoms with Crippen LogP contribution in [0.1, 0.15) is 12.0 Å². The molecule has 0 bridgehead atoms. The Balaban J connectivity index is 2.49. The van der Waals surface area contributed by atoms with Crippen LogP contribution in [0.3, 0.4) is 0 Å². The average molecular weight is 245 g/mol. The third kappa shape index (κ3) is 4.90. The zero-order chi connectivity index (χ0) is 11.8. The molecule has 0 spiro atoms. The normalized spacial score (nSPS) is 11.0. The number of rotatable bonds is 7. The molecule has 1 aromatic rings. The van der Waals surface area contributed by atoms with Crippen molar-refractivity contribution >= 4 is 11.6 Å². The Kier molecular flexibility index (Phi) is 6.33. The van der Waals surface area contributed by atoms with Gasteiger partial charge in [0.2, 0.25) is 0 Å². The van der Waals surface area contributed by atoms with Crippen LogP contribution in [-0.2, 0) is 6.54 Å². The second kappa shape index (κ2) is 7.57. The van der Waals surface area contributed by atoms with Gasteiger partial charge >= 0.3 is 0 Å². The predicted molar refractivity (Wildman–Crippen MR) is 63.3 cm³/mol. The van der Waals surface area contributed by atoms with E-state index < -0.39 is 0 Å². The summed E-state index contributed by atoms with van der Waals surface area (Å²) in [6.45, 7) is 2.36. The molecule has 0 fully saturated rings. The van der Waals surface area contributed by atoms with Crippen LogP contribution < -0.4 is 0 Å². The molecular formula is C11H17ClN2O2. The molecule has 16 heavy (non-hydrogen) atoms. The topological polar surface area (TPSA) is 56.6 Å². The lowest BCUT2D eigenvalue weighted by Crippen LogP contribution is -2.28. The number of hydrogen-bond acceptors (Lipinski definition) is 4. The van der Waals surface area contributed by atoms with E-state index in [2.05, 4.69) is 9.88 Å². The van der Waals surface area contributed by atoms with Crippen LogP contribution in [0.5, 0.6) is 0 Å². The molecule has 0 aliphatic heterocycles. The van der Waals surface area contributed by atoms with Gasteiger partial charge in [-0.3, -0.25) is 4.90 Å². The van der Waals surface area contributed by atoms with E-state index in [1.54, 1.807) is 12.3 Å². The molecule has 0 amide bonds. The van der Waals surface area contributed by atoms with Gasteiger partial charge in [-0.25, -0.2) is 4.98 Å². The Labute approximate surface area is 100 Å². The fourth-order valence-corrected chi connectivity index (χ4v) is 1.58. The molecule has 1 rings (SSSR count). The van der Waals surface area contributed by atoms with E-state index in [4.69, 9.17) is 21.8 Å². The van der Waals surface area contributed by atoms with E-state index >= 15 is 0 Å². The zero-order valence-corrected chi connectivity index (χ0v) is 9.90. The molecule has 2 N–H and O–H groups in total. The molecule has 1 aromatic heterocycles. The molecular weight excluding hydrogens is 228 g/mol. The summed E-state index contributed by atoms with van der Waals surface area (Å²) in [6, 6.07) is 3.67. The number of pyridine rings is 1. The highest BCUT2D eigenvalue weighted by Crippen LogP contribution is 2.08. The number of hydrogen-bond donors (Lipinski definition) is 2. The van der Waals surface area contributed by atoms with Gasteiger partial charge < -0.3 is 10.2 Å². The van der Waals surface area contributed by atoms with Crippen molar-refractivity contribution in [1.82, 2.24) is 9.88 Å². The summed E-state index contributed by atoms with van der Waals surface area (Å²) < 4.78 is 0. The van der Waals surface area contributed by atoms with Crippen molar-refractivity contribution in [2.75, 3.05) is 26.3 Å². The van der Waals surface area contributed by atoms with Gasteiger partial charge in [0.05, 0.1) is 6.61 Å². The summed E-state index contributed by atoms with van der Waals surface area (Å²) in [4.78, 5) is 6.07. The van der Waals surface area contributed by atoms with Gasteiger partial charge in [-0.15, -0.1) is 0 Å². The second-order valence-electron chi connectivity index (χ2n) is 3.57. The van der Waals surface area contributed by atoms with Crippen molar-refractivity contribution in [3.05, 3.63) is 29.0 Å². The van der Waals surface area contributed by atoms with Gasteiger partial charge in [-0.2, -0.15) is 0 Å². The van der Waals surface area contributed by atoms with Crippen LogP contribution in [0.25, 0.3) is 0 Å². The largest absolute Gasteiger partial charge is 0.396 e. The van der Waals surface area contributed by atoms with Crippen molar-refractivity contribution in [3.63, 3.8) is 0 Å². The highest BCUT2D eigenvalue weighted by Gasteiger charge is 2.05. The average Bonchev–Trinajstić information content (AvgIpc) is 2.29. The molecule has 0 aliphatic rings. The van der Waals surface area contributed by atoms with Crippen molar-refractivity contribution in [1.29, 1.82) is 0 Å². The SMILES string of the molecule is OCCCN(CCO)Cc1ccc(Cl)nc1. The number of aliphatic hydroxyl groups excluding tert-OH is 2. The number of halogens is 1. The standard InChI is InChI=1S/C11H17ClN2O2/c12-11-3-2-10(8-13-11)9-14(5-7-16)4-1-6-15/h2-3,8,15-16H,1,4-7,9H2. The molecule has 1 heterocycles. The maximum atomic E-state index is 8.92. The van der Waals surface area contributed by atoms with E-state index in [-0.39, 0.29) is 13.2 Å². The first-order valence-electron chi connectivity index (χ1n) is 5.30. The van der Waals surface area contributed by atoms with E-state index in [1.165, 1.54) is 0 Å². The molecule has 0 radical (unpaired) electrons. The van der Waals surface area contributed by atoms with E-state index in [0.717, 1.165) is 12.1 Å². The van der Waals surface area contributed by atoms with Gasteiger partial charge in [0.25, 0.3) is 0 Å². The lowest BCUT2D eigenvalue weighted by molar-refractivity contribution is 0.174. The first kappa shape index (κ1) is 13.4. The lowest BCUT2D eigenvalue weighted by Gasteiger charge is -2.20. The number of aliphatic hydroxyl groups is 2. The van der Waals surface area contributed by atoms with Crippen LogP contribution in [-0.4, -0.2) is 46.4 Å². The molecule has 0 aromatic carbocycles. The van der Waals surface area contributed by atoms with Crippen LogP contribution in [0.4, 0.5) is 0 Å². The zero-order valence-electron chi connectivity index (χ0n) is 9.14. The van der Waals surface area contributed by atoms with Gasteiger partial charge in [0.15, 0.2) is 0 Å². The Hall–Kier alpha value is -0.680. The van der Waals surface area contributed by atoms with E-state index in [9.17, 15) is 0 Å². The summed E-state index contributed by atoms with van der Waals surface area (Å²) >= 11 is 5.70. The fourth-order valence-electron chi connectivity index (χ4n) is 1.46. The molecule has 0 unspecified atom stereocenters. The quantitative estimate of drug-likeness (QED) is 0.701. The third-order valence-corrected chi connectivity index (χ3v) is 2.47. The molecule has 90 valence electrons. The summed E-state index contributed by atoms with van der Waals surface area (Å²) in [6.07, 6.45) is 2.44. The maximum absolute atomic E-state index is 8.92. The summed E-state index contributed by atoms with van der Waals surface area (Å²) in [5.41, 5.74) is 1.05. The molecule has 0 atom stereocenters. The minimum absolute atomic E-state index is 0.118. The molecule has 4 nitrogen and oxygen atoms in total. The second-order valence-corrected chi connectivity index (χ2v) is 3.95. The third-order valence-electron chi connectivity index (χ3n) is 2.24. The Bertz CT molecular complexity index is 293. The highest BCUT2D eigenvalue weighted by molar-refractivity contribution is 6.29. The van der Waals surface area contributed by atoms with Crippen molar-refractivity contribution < 1.29 is 10.2 Å². The summed E-state index contributed by atoms with van der Waals surface area (Å²) in [5.74, 6) is 0. The van der Waals surface area contributed by atoms with Crippen molar-refractivity contribution in [2.45, 2.75) is 13.0 Å². The van der Waals surface area contributed by atoms with Crippen LogP contribution in [0, 0.1) is 0 Å². The lowest BCUT2D eigenvalue weighted by atomic mass is 10.2. The Morgan fingerprint density at radius 1 is 1.19 bits per heavy atom. The number of aromatic nitrogens is 1. The van der Waals surface area contributed by atoms with Crippen LogP contribution >= 0.6 is 11.6 Å². The van der Waals surface area contributed by atoms with Crippen molar-refractivity contribution in [2.24, 2.45) is 0 Å². The van der Waals surface area contributed by atoms with Crippen LogP contribution in [0.2, 0.25) is 5.15 Å². The molecule has 0 saturated heterocycles. The first-order chi connectivity index (χ1) is 7.76. The van der Waals surface area contributed by atoms with Gasteiger partial charge in [0.1, 0.15) is 5.15 Å². The smallest absolute Gasteiger partial charge is 0.129 e. The molecule has 0 saturated carbocycles. The van der Waals surface area contributed by atoms with Crippen molar-refractivity contribution in [3.8, 4) is 0 Å². The minimum atomic E-state index is 0.118. The first-order valence-corrected chi connectivity index (χ1v) is 5.68.